The molecule has 1 heterocycles. The minimum Gasteiger partial charge on any atom is -0.490 e. The lowest BCUT2D eigenvalue weighted by molar-refractivity contribution is 0.321. The maximum atomic E-state index is 14.0. The zero-order valence-corrected chi connectivity index (χ0v) is 16.0. The third-order valence-corrected chi connectivity index (χ3v) is 5.77. The Morgan fingerprint density at radius 1 is 1.12 bits per heavy atom. The molecule has 2 aromatic carbocycles. The minimum atomic E-state index is -3.98. The molecular formula is C18H20ClFN2O3S. The molecule has 140 valence electrons. The van der Waals surface area contributed by atoms with Gasteiger partial charge in [-0.05, 0) is 25.2 Å². The summed E-state index contributed by atoms with van der Waals surface area (Å²) in [5.41, 5.74) is 0.661. The van der Waals surface area contributed by atoms with Crippen LogP contribution in [0, 0.1) is 5.82 Å². The fraction of sp³-hybridized carbons (Fsp3) is 0.222. The quantitative estimate of drug-likeness (QED) is 0.648. The van der Waals surface area contributed by atoms with Gasteiger partial charge in [0, 0.05) is 25.2 Å². The number of benzene rings is 2. The maximum Gasteiger partial charge on any atom is 0.211 e. The largest absolute Gasteiger partial charge is 0.490 e. The fourth-order valence-electron chi connectivity index (χ4n) is 2.77. The van der Waals surface area contributed by atoms with E-state index in [4.69, 9.17) is 4.74 Å². The van der Waals surface area contributed by atoms with Gasteiger partial charge < -0.3 is 14.6 Å². The second-order valence-corrected chi connectivity index (χ2v) is 7.53. The fourth-order valence-corrected chi connectivity index (χ4v) is 4.34. The molecule has 3 rings (SSSR count). The minimum absolute atomic E-state index is 0. The highest BCUT2D eigenvalue weighted by Gasteiger charge is 2.26. The van der Waals surface area contributed by atoms with Crippen LogP contribution in [-0.4, -0.2) is 33.2 Å². The average molecular weight is 399 g/mol. The highest BCUT2D eigenvalue weighted by atomic mass is 35.5. The number of halogens is 2. The summed E-state index contributed by atoms with van der Waals surface area (Å²) in [6, 6.07) is 10.6. The van der Waals surface area contributed by atoms with E-state index >= 15 is 0 Å². The lowest BCUT2D eigenvalue weighted by atomic mass is 10.2. The molecule has 0 bridgehead atoms. The number of para-hydroxylation sites is 1. The highest BCUT2D eigenvalue weighted by Crippen LogP contribution is 2.35. The van der Waals surface area contributed by atoms with Crippen molar-refractivity contribution in [2.75, 3.05) is 20.2 Å². The molecule has 26 heavy (non-hydrogen) atoms. The summed E-state index contributed by atoms with van der Waals surface area (Å²) < 4.78 is 47.4. The van der Waals surface area contributed by atoms with Crippen LogP contribution in [0.3, 0.4) is 0 Å². The highest BCUT2D eigenvalue weighted by molar-refractivity contribution is 7.91. The van der Waals surface area contributed by atoms with Crippen LogP contribution in [0.1, 0.15) is 0 Å². The SMILES string of the molecule is CNCCOc1cccc2c(S(=O)(=O)c3ccccc3F)cn(C)c12.Cl. The van der Waals surface area contributed by atoms with Crippen molar-refractivity contribution in [2.24, 2.45) is 7.05 Å². The number of hydrogen-bond acceptors (Lipinski definition) is 4. The molecule has 0 radical (unpaired) electrons. The number of sulfone groups is 1. The van der Waals surface area contributed by atoms with E-state index in [9.17, 15) is 12.8 Å². The lowest BCUT2D eigenvalue weighted by Crippen LogP contribution is -2.16. The van der Waals surface area contributed by atoms with Crippen molar-refractivity contribution in [1.82, 2.24) is 9.88 Å². The van der Waals surface area contributed by atoms with Gasteiger partial charge >= 0.3 is 0 Å². The Kier molecular flexibility index (Phi) is 6.28. The third-order valence-electron chi connectivity index (χ3n) is 3.95. The first-order chi connectivity index (χ1) is 12.0. The number of fused-ring (bicyclic) bond motifs is 1. The number of rotatable bonds is 6. The van der Waals surface area contributed by atoms with Crippen molar-refractivity contribution >= 4 is 33.1 Å². The summed E-state index contributed by atoms with van der Waals surface area (Å²) in [6.07, 6.45) is 1.50. The Morgan fingerprint density at radius 2 is 1.85 bits per heavy atom. The molecular weight excluding hydrogens is 379 g/mol. The molecule has 0 atom stereocenters. The van der Waals surface area contributed by atoms with Crippen LogP contribution in [0.2, 0.25) is 0 Å². The van der Waals surface area contributed by atoms with Crippen molar-refractivity contribution in [3.63, 3.8) is 0 Å². The van der Waals surface area contributed by atoms with E-state index in [2.05, 4.69) is 5.32 Å². The normalized spacial score (nSPS) is 11.3. The Balaban J connectivity index is 0.00000243. The summed E-state index contributed by atoms with van der Waals surface area (Å²) in [4.78, 5) is -0.266. The van der Waals surface area contributed by atoms with Gasteiger partial charge in [-0.15, -0.1) is 12.4 Å². The summed E-state index contributed by atoms with van der Waals surface area (Å²) in [5, 5.41) is 3.50. The smallest absolute Gasteiger partial charge is 0.211 e. The number of aryl methyl sites for hydroxylation is 1. The van der Waals surface area contributed by atoms with E-state index in [1.807, 2.05) is 7.05 Å². The number of nitrogens with zero attached hydrogens (tertiary/aromatic N) is 1. The Bertz CT molecular complexity index is 1020. The molecule has 0 amide bonds. The molecule has 0 saturated heterocycles. The first-order valence-electron chi connectivity index (χ1n) is 7.82. The van der Waals surface area contributed by atoms with Gasteiger partial charge in [0.1, 0.15) is 23.1 Å². The zero-order valence-electron chi connectivity index (χ0n) is 14.4. The average Bonchev–Trinajstić information content (AvgIpc) is 2.94. The number of hydrogen-bond donors (Lipinski definition) is 1. The summed E-state index contributed by atoms with van der Waals surface area (Å²) in [5.74, 6) is -0.175. The predicted octanol–water partition coefficient (Wildman–Crippen LogP) is 3.17. The van der Waals surface area contributed by atoms with Gasteiger partial charge in [-0.25, -0.2) is 12.8 Å². The molecule has 8 heteroatoms. The number of nitrogens with one attached hydrogen (secondary N) is 1. The van der Waals surface area contributed by atoms with Crippen LogP contribution in [0.5, 0.6) is 5.75 Å². The van der Waals surface area contributed by atoms with Crippen LogP contribution in [0.25, 0.3) is 10.9 Å². The topological polar surface area (TPSA) is 60.3 Å². The molecule has 0 unspecified atom stereocenters. The molecule has 0 aliphatic carbocycles. The van der Waals surface area contributed by atoms with Gasteiger partial charge in [0.05, 0.1) is 10.4 Å². The Labute approximate surface area is 158 Å². The van der Waals surface area contributed by atoms with Crippen molar-refractivity contribution in [3.8, 4) is 5.75 Å². The van der Waals surface area contributed by atoms with E-state index in [1.54, 1.807) is 29.8 Å². The first-order valence-corrected chi connectivity index (χ1v) is 9.30. The van der Waals surface area contributed by atoms with Gasteiger partial charge in [-0.3, -0.25) is 0 Å². The van der Waals surface area contributed by atoms with E-state index in [-0.39, 0.29) is 22.2 Å². The predicted molar refractivity (Wildman–Crippen MR) is 101 cm³/mol. The van der Waals surface area contributed by atoms with Crippen LogP contribution in [0.4, 0.5) is 4.39 Å². The molecule has 0 fully saturated rings. The van der Waals surface area contributed by atoms with Crippen LogP contribution in [0.15, 0.2) is 58.5 Å². The van der Waals surface area contributed by atoms with E-state index in [0.29, 0.717) is 29.8 Å². The van der Waals surface area contributed by atoms with Crippen molar-refractivity contribution in [2.45, 2.75) is 9.79 Å². The summed E-state index contributed by atoms with van der Waals surface area (Å²) in [6.45, 7) is 1.12. The number of likely N-dealkylation sites (N-methyl/N-ethyl adjacent to an activating group) is 1. The van der Waals surface area contributed by atoms with Gasteiger partial charge in [0.15, 0.2) is 0 Å². The number of aromatic nitrogens is 1. The van der Waals surface area contributed by atoms with Gasteiger partial charge in [-0.1, -0.05) is 24.3 Å². The van der Waals surface area contributed by atoms with Crippen LogP contribution >= 0.6 is 12.4 Å². The van der Waals surface area contributed by atoms with Crippen molar-refractivity contribution in [3.05, 3.63) is 54.5 Å². The molecule has 0 aliphatic rings. The van der Waals surface area contributed by atoms with Crippen LogP contribution < -0.4 is 10.1 Å². The molecule has 0 spiro atoms. The second-order valence-electron chi connectivity index (χ2n) is 5.64. The molecule has 1 aromatic heterocycles. The standard InChI is InChI=1S/C18H19FN2O3S.ClH/c1-20-10-11-24-15-8-5-6-13-17(12-21(2)18(13)15)25(22,23)16-9-4-3-7-14(16)19;/h3-9,12,20H,10-11H2,1-2H3;1H. The molecule has 0 aliphatic heterocycles. The van der Waals surface area contributed by atoms with Gasteiger partial charge in [0.2, 0.25) is 9.84 Å². The monoisotopic (exact) mass is 398 g/mol. The first kappa shape index (κ1) is 20.2. The van der Waals surface area contributed by atoms with E-state index < -0.39 is 15.7 Å². The third kappa shape index (κ3) is 3.56. The maximum absolute atomic E-state index is 14.0. The molecule has 1 N–H and O–H groups in total. The molecule has 5 nitrogen and oxygen atoms in total. The zero-order chi connectivity index (χ0) is 18.0. The second kappa shape index (κ2) is 8.07. The van der Waals surface area contributed by atoms with Gasteiger partial charge in [-0.2, -0.15) is 0 Å². The van der Waals surface area contributed by atoms with Crippen molar-refractivity contribution in [1.29, 1.82) is 0 Å². The van der Waals surface area contributed by atoms with Crippen molar-refractivity contribution < 1.29 is 17.5 Å². The molecule has 3 aromatic rings. The lowest BCUT2D eigenvalue weighted by Gasteiger charge is -2.09. The van der Waals surface area contributed by atoms with Gasteiger partial charge in [0.25, 0.3) is 0 Å². The summed E-state index contributed by atoms with van der Waals surface area (Å²) in [7, 11) is -0.412. The molecule has 0 saturated carbocycles. The number of ether oxygens (including phenoxy) is 1. The Hall–Kier alpha value is -2.09. The summed E-state index contributed by atoms with van der Waals surface area (Å²) >= 11 is 0. The van der Waals surface area contributed by atoms with E-state index in [0.717, 1.165) is 6.07 Å². The van der Waals surface area contributed by atoms with E-state index in [1.165, 1.54) is 24.4 Å². The Morgan fingerprint density at radius 3 is 2.54 bits per heavy atom. The van der Waals surface area contributed by atoms with Crippen LogP contribution in [-0.2, 0) is 16.9 Å².